The van der Waals surface area contributed by atoms with E-state index in [1.807, 2.05) is 11.3 Å². The van der Waals surface area contributed by atoms with Gasteiger partial charge in [-0.3, -0.25) is 9.69 Å². The van der Waals surface area contributed by atoms with E-state index >= 15 is 0 Å². The number of amides is 1. The number of likely N-dealkylation sites (tertiary alicyclic amines) is 1. The average Bonchev–Trinajstić information content (AvgIpc) is 3.48. The smallest absolute Gasteiger partial charge is 0.220 e. The molecule has 1 aromatic heterocycles. The standard InChI is InChI=1S/C23H36N2O2S/c26-23(24-16-20-6-3-15-27-20)10-7-18-11-13-25(14-12-18)17-21-8-9-22(28-21)19-4-1-2-5-19/h8-9,18-20H,1-7,10-17H2,(H,24,26)/t20-/m0/s1. The number of thiophene rings is 1. The highest BCUT2D eigenvalue weighted by atomic mass is 32.1. The van der Waals surface area contributed by atoms with Crippen LogP contribution in [0.15, 0.2) is 12.1 Å². The quantitative estimate of drug-likeness (QED) is 0.683. The lowest BCUT2D eigenvalue weighted by atomic mass is 9.92. The number of ether oxygens (including phenoxy) is 1. The molecule has 28 heavy (non-hydrogen) atoms. The van der Waals surface area contributed by atoms with Crippen molar-refractivity contribution in [1.82, 2.24) is 10.2 Å². The van der Waals surface area contributed by atoms with Gasteiger partial charge in [0.25, 0.3) is 0 Å². The predicted octanol–water partition coefficient (Wildman–Crippen LogP) is 4.69. The molecule has 3 heterocycles. The van der Waals surface area contributed by atoms with Crippen molar-refractivity contribution in [2.45, 2.75) is 82.8 Å². The number of nitrogens with one attached hydrogen (secondary N) is 1. The van der Waals surface area contributed by atoms with Crippen LogP contribution in [0.25, 0.3) is 0 Å². The van der Waals surface area contributed by atoms with Crippen molar-refractivity contribution in [3.8, 4) is 0 Å². The van der Waals surface area contributed by atoms with Crippen LogP contribution in [0, 0.1) is 5.92 Å². The first-order valence-corrected chi connectivity index (χ1v) is 12.3. The lowest BCUT2D eigenvalue weighted by molar-refractivity contribution is -0.122. The second kappa shape index (κ2) is 10.2. The van der Waals surface area contributed by atoms with Crippen molar-refractivity contribution in [1.29, 1.82) is 0 Å². The summed E-state index contributed by atoms with van der Waals surface area (Å²) < 4.78 is 5.57. The Kier molecular flexibility index (Phi) is 7.43. The van der Waals surface area contributed by atoms with Gasteiger partial charge < -0.3 is 10.1 Å². The Morgan fingerprint density at radius 3 is 2.68 bits per heavy atom. The van der Waals surface area contributed by atoms with Crippen LogP contribution < -0.4 is 5.32 Å². The number of carbonyl (C=O) groups is 1. The van der Waals surface area contributed by atoms with Crippen molar-refractivity contribution in [3.63, 3.8) is 0 Å². The predicted molar refractivity (Wildman–Crippen MR) is 115 cm³/mol. The van der Waals surface area contributed by atoms with Crippen molar-refractivity contribution in [2.75, 3.05) is 26.2 Å². The van der Waals surface area contributed by atoms with E-state index in [0.717, 1.165) is 38.3 Å². The summed E-state index contributed by atoms with van der Waals surface area (Å²) in [6.07, 6.45) is 12.3. The van der Waals surface area contributed by atoms with Gasteiger partial charge in [0.2, 0.25) is 5.91 Å². The van der Waals surface area contributed by atoms with Crippen LogP contribution in [0.5, 0.6) is 0 Å². The van der Waals surface area contributed by atoms with Gasteiger partial charge in [0.05, 0.1) is 6.10 Å². The maximum absolute atomic E-state index is 12.1. The second-order valence-electron chi connectivity index (χ2n) is 8.98. The Morgan fingerprint density at radius 2 is 1.93 bits per heavy atom. The summed E-state index contributed by atoms with van der Waals surface area (Å²) in [5, 5.41) is 3.06. The van der Waals surface area contributed by atoms with E-state index in [2.05, 4.69) is 22.3 Å². The zero-order valence-electron chi connectivity index (χ0n) is 17.2. The fraction of sp³-hybridized carbons (Fsp3) is 0.783. The topological polar surface area (TPSA) is 41.6 Å². The molecule has 156 valence electrons. The largest absolute Gasteiger partial charge is 0.376 e. The Bertz CT molecular complexity index is 612. The Labute approximate surface area is 174 Å². The average molecular weight is 405 g/mol. The minimum Gasteiger partial charge on any atom is -0.376 e. The zero-order chi connectivity index (χ0) is 19.2. The maximum atomic E-state index is 12.1. The van der Waals surface area contributed by atoms with Gasteiger partial charge in [-0.25, -0.2) is 0 Å². The van der Waals surface area contributed by atoms with E-state index in [0.29, 0.717) is 18.9 Å². The Morgan fingerprint density at radius 1 is 1.11 bits per heavy atom. The first-order valence-electron chi connectivity index (χ1n) is 11.5. The molecule has 1 aromatic rings. The van der Waals surface area contributed by atoms with Gasteiger partial charge in [0.1, 0.15) is 0 Å². The number of nitrogens with zero attached hydrogens (tertiary/aromatic N) is 1. The molecular formula is C23H36N2O2S. The van der Waals surface area contributed by atoms with Gasteiger partial charge in [-0.15, -0.1) is 11.3 Å². The SMILES string of the molecule is O=C(CCC1CCN(Cc2ccc(C3CCCC3)s2)CC1)NC[C@@H]1CCCO1. The van der Waals surface area contributed by atoms with Crippen LogP contribution in [0.3, 0.4) is 0 Å². The van der Waals surface area contributed by atoms with Gasteiger partial charge in [0.15, 0.2) is 0 Å². The van der Waals surface area contributed by atoms with E-state index in [-0.39, 0.29) is 12.0 Å². The van der Waals surface area contributed by atoms with Gasteiger partial charge in [-0.2, -0.15) is 0 Å². The summed E-state index contributed by atoms with van der Waals surface area (Å²) in [5.74, 6) is 1.76. The monoisotopic (exact) mass is 404 g/mol. The highest BCUT2D eigenvalue weighted by Gasteiger charge is 2.22. The molecule has 2 aliphatic heterocycles. The molecule has 3 fully saturated rings. The summed E-state index contributed by atoms with van der Waals surface area (Å²) in [4.78, 5) is 17.9. The van der Waals surface area contributed by atoms with Gasteiger partial charge in [-0.05, 0) is 82.0 Å². The molecule has 4 nitrogen and oxygen atoms in total. The van der Waals surface area contributed by atoms with E-state index < -0.39 is 0 Å². The summed E-state index contributed by atoms with van der Waals surface area (Å²) >= 11 is 2.05. The van der Waals surface area contributed by atoms with Gasteiger partial charge in [0, 0.05) is 35.9 Å². The lowest BCUT2D eigenvalue weighted by Gasteiger charge is -2.31. The van der Waals surface area contributed by atoms with Crippen molar-refractivity contribution < 1.29 is 9.53 Å². The molecular weight excluding hydrogens is 368 g/mol. The number of hydrogen-bond donors (Lipinski definition) is 1. The van der Waals surface area contributed by atoms with E-state index in [1.54, 1.807) is 4.88 Å². The molecule has 1 amide bonds. The molecule has 1 saturated carbocycles. The van der Waals surface area contributed by atoms with Crippen LogP contribution in [0.2, 0.25) is 0 Å². The number of rotatable bonds is 8. The highest BCUT2D eigenvalue weighted by molar-refractivity contribution is 7.12. The molecule has 1 aliphatic carbocycles. The molecule has 0 bridgehead atoms. The molecule has 0 radical (unpaired) electrons. The van der Waals surface area contributed by atoms with E-state index in [4.69, 9.17) is 4.74 Å². The Balaban J connectivity index is 1.11. The third kappa shape index (κ3) is 5.80. The molecule has 3 aliphatic rings. The molecule has 2 saturated heterocycles. The molecule has 0 spiro atoms. The van der Waals surface area contributed by atoms with E-state index in [1.165, 1.54) is 56.5 Å². The van der Waals surface area contributed by atoms with E-state index in [9.17, 15) is 4.79 Å². The lowest BCUT2D eigenvalue weighted by Crippen LogP contribution is -2.34. The first-order chi connectivity index (χ1) is 13.8. The summed E-state index contributed by atoms with van der Waals surface area (Å²) in [6, 6.07) is 4.75. The number of carbonyl (C=O) groups excluding carboxylic acids is 1. The molecule has 4 rings (SSSR count). The minimum atomic E-state index is 0.205. The summed E-state index contributed by atoms with van der Waals surface area (Å²) in [6.45, 7) is 5.02. The molecule has 0 unspecified atom stereocenters. The highest BCUT2D eigenvalue weighted by Crippen LogP contribution is 2.38. The maximum Gasteiger partial charge on any atom is 0.220 e. The normalized spacial score (nSPS) is 24.8. The van der Waals surface area contributed by atoms with Crippen LogP contribution in [0.4, 0.5) is 0 Å². The van der Waals surface area contributed by atoms with Crippen LogP contribution in [0.1, 0.15) is 79.9 Å². The second-order valence-corrected chi connectivity index (χ2v) is 10.2. The first kappa shape index (κ1) is 20.4. The van der Waals surface area contributed by atoms with Crippen molar-refractivity contribution >= 4 is 17.2 Å². The Hall–Kier alpha value is -0.910. The van der Waals surface area contributed by atoms with Crippen molar-refractivity contribution in [3.05, 3.63) is 21.9 Å². The van der Waals surface area contributed by atoms with Crippen LogP contribution in [-0.4, -0.2) is 43.2 Å². The fourth-order valence-electron chi connectivity index (χ4n) is 5.02. The van der Waals surface area contributed by atoms with Crippen LogP contribution >= 0.6 is 11.3 Å². The van der Waals surface area contributed by atoms with Gasteiger partial charge >= 0.3 is 0 Å². The van der Waals surface area contributed by atoms with Crippen LogP contribution in [-0.2, 0) is 16.1 Å². The molecule has 0 aromatic carbocycles. The summed E-state index contributed by atoms with van der Waals surface area (Å²) in [7, 11) is 0. The molecule has 1 N–H and O–H groups in total. The number of piperidine rings is 1. The minimum absolute atomic E-state index is 0.205. The van der Waals surface area contributed by atoms with Gasteiger partial charge in [-0.1, -0.05) is 12.8 Å². The third-order valence-electron chi connectivity index (χ3n) is 6.86. The zero-order valence-corrected chi connectivity index (χ0v) is 18.0. The van der Waals surface area contributed by atoms with Crippen molar-refractivity contribution in [2.24, 2.45) is 5.92 Å². The number of hydrogen-bond acceptors (Lipinski definition) is 4. The summed E-state index contributed by atoms with van der Waals surface area (Å²) in [5.41, 5.74) is 0. The fourth-order valence-corrected chi connectivity index (χ4v) is 6.24. The third-order valence-corrected chi connectivity index (χ3v) is 8.09. The molecule has 5 heteroatoms. The molecule has 1 atom stereocenters.